The van der Waals surface area contributed by atoms with Gasteiger partial charge < -0.3 is 15.2 Å². The largest absolute Gasteiger partial charge is 0.496 e. The van der Waals surface area contributed by atoms with E-state index in [1.807, 2.05) is 48.7 Å². The van der Waals surface area contributed by atoms with Crippen LogP contribution in [0.1, 0.15) is 47.6 Å². The third kappa shape index (κ3) is 4.39. The fourth-order valence-electron chi connectivity index (χ4n) is 4.67. The van der Waals surface area contributed by atoms with Gasteiger partial charge in [-0.05, 0) is 49.4 Å². The quantitative estimate of drug-likeness (QED) is 0.446. The molecule has 0 atom stereocenters. The molecule has 0 saturated heterocycles. The molecule has 4 aromatic rings. The number of benzene rings is 2. The molecule has 7 nitrogen and oxygen atoms in total. The second-order valence-corrected chi connectivity index (χ2v) is 8.73. The first-order valence-corrected chi connectivity index (χ1v) is 11.6. The average molecular weight is 457 g/mol. The zero-order valence-electron chi connectivity index (χ0n) is 19.1. The van der Waals surface area contributed by atoms with Crippen molar-refractivity contribution in [2.45, 2.75) is 44.4 Å². The van der Waals surface area contributed by atoms with Gasteiger partial charge in [0.2, 0.25) is 0 Å². The monoisotopic (exact) mass is 456 g/mol. The van der Waals surface area contributed by atoms with Crippen molar-refractivity contribution in [3.8, 4) is 17.0 Å². The van der Waals surface area contributed by atoms with E-state index in [0.29, 0.717) is 17.9 Å². The van der Waals surface area contributed by atoms with E-state index >= 15 is 0 Å². The summed E-state index contributed by atoms with van der Waals surface area (Å²) in [4.78, 5) is 16.9. The number of aliphatic hydroxyl groups is 1. The fourth-order valence-corrected chi connectivity index (χ4v) is 4.67. The van der Waals surface area contributed by atoms with Gasteiger partial charge in [-0.1, -0.05) is 36.4 Å². The number of aromatic nitrogens is 3. The molecule has 34 heavy (non-hydrogen) atoms. The third-order valence-electron chi connectivity index (χ3n) is 6.55. The second kappa shape index (κ2) is 9.65. The SMILES string of the molecule is COc1ccccc1C(=O)NCc1ccc(-c2nn(C3CCC(O)CC3)c3ccncc23)cc1. The molecule has 2 N–H and O–H groups in total. The average Bonchev–Trinajstić information content (AvgIpc) is 3.28. The summed E-state index contributed by atoms with van der Waals surface area (Å²) >= 11 is 0. The van der Waals surface area contributed by atoms with Crippen molar-refractivity contribution in [1.82, 2.24) is 20.1 Å². The summed E-state index contributed by atoms with van der Waals surface area (Å²) in [7, 11) is 1.56. The number of pyridine rings is 1. The zero-order valence-corrected chi connectivity index (χ0v) is 19.1. The van der Waals surface area contributed by atoms with Crippen LogP contribution in [0.4, 0.5) is 0 Å². The van der Waals surface area contributed by atoms with Crippen LogP contribution in [0.15, 0.2) is 67.0 Å². The predicted molar refractivity (Wildman–Crippen MR) is 131 cm³/mol. The van der Waals surface area contributed by atoms with Gasteiger partial charge in [-0.25, -0.2) is 0 Å². The van der Waals surface area contributed by atoms with Gasteiger partial charge in [-0.15, -0.1) is 0 Å². The van der Waals surface area contributed by atoms with E-state index in [1.165, 1.54) is 0 Å². The summed E-state index contributed by atoms with van der Waals surface area (Å²) in [5, 5.41) is 18.9. The summed E-state index contributed by atoms with van der Waals surface area (Å²) in [5.74, 6) is 0.383. The second-order valence-electron chi connectivity index (χ2n) is 8.73. The van der Waals surface area contributed by atoms with Gasteiger partial charge >= 0.3 is 0 Å². The molecule has 2 heterocycles. The Morgan fingerprint density at radius 3 is 2.62 bits per heavy atom. The van der Waals surface area contributed by atoms with Crippen molar-refractivity contribution >= 4 is 16.8 Å². The molecule has 2 aromatic heterocycles. The summed E-state index contributed by atoms with van der Waals surface area (Å²) < 4.78 is 7.39. The number of para-hydroxylation sites is 1. The van der Waals surface area contributed by atoms with Crippen molar-refractivity contribution in [2.24, 2.45) is 0 Å². The predicted octanol–water partition coefficient (Wildman–Crippen LogP) is 4.51. The van der Waals surface area contributed by atoms with E-state index in [2.05, 4.69) is 15.0 Å². The van der Waals surface area contributed by atoms with Crippen LogP contribution in [0.2, 0.25) is 0 Å². The van der Waals surface area contributed by atoms with Gasteiger partial charge in [0.25, 0.3) is 5.91 Å². The Morgan fingerprint density at radius 1 is 1.09 bits per heavy atom. The van der Waals surface area contributed by atoms with Crippen LogP contribution in [-0.2, 0) is 6.54 Å². The first-order chi connectivity index (χ1) is 16.6. The Kier molecular flexibility index (Phi) is 6.27. The molecule has 0 unspecified atom stereocenters. The van der Waals surface area contributed by atoms with Crippen LogP contribution in [-0.4, -0.2) is 39.0 Å². The molecule has 0 bridgehead atoms. The van der Waals surface area contributed by atoms with E-state index in [4.69, 9.17) is 9.84 Å². The van der Waals surface area contributed by atoms with Crippen LogP contribution < -0.4 is 10.1 Å². The molecule has 0 spiro atoms. The summed E-state index contributed by atoms with van der Waals surface area (Å²) in [6.45, 7) is 0.415. The van der Waals surface area contributed by atoms with Crippen LogP contribution in [0.5, 0.6) is 5.75 Å². The molecule has 1 fully saturated rings. The highest BCUT2D eigenvalue weighted by Crippen LogP contribution is 2.34. The molecule has 1 aliphatic rings. The van der Waals surface area contributed by atoms with E-state index in [1.54, 1.807) is 25.4 Å². The van der Waals surface area contributed by atoms with E-state index < -0.39 is 0 Å². The molecule has 1 aliphatic carbocycles. The fraction of sp³-hybridized carbons (Fsp3) is 0.296. The number of ether oxygens (including phenoxy) is 1. The molecule has 7 heteroatoms. The number of hydrogen-bond acceptors (Lipinski definition) is 5. The molecular formula is C27H28N4O3. The smallest absolute Gasteiger partial charge is 0.255 e. The Labute approximate surface area is 198 Å². The number of aliphatic hydroxyl groups excluding tert-OH is 1. The number of nitrogens with one attached hydrogen (secondary N) is 1. The summed E-state index contributed by atoms with van der Waals surface area (Å²) in [6.07, 6.45) is 6.93. The van der Waals surface area contributed by atoms with Crippen molar-refractivity contribution in [2.75, 3.05) is 7.11 Å². The van der Waals surface area contributed by atoms with Gasteiger partial charge in [0.1, 0.15) is 11.4 Å². The number of amides is 1. The topological polar surface area (TPSA) is 89.3 Å². The van der Waals surface area contributed by atoms with E-state index in [9.17, 15) is 9.90 Å². The normalized spacial score (nSPS) is 18.1. The highest BCUT2D eigenvalue weighted by molar-refractivity contribution is 5.97. The minimum Gasteiger partial charge on any atom is -0.496 e. The van der Waals surface area contributed by atoms with Crippen LogP contribution >= 0.6 is 0 Å². The van der Waals surface area contributed by atoms with E-state index in [-0.39, 0.29) is 18.1 Å². The Balaban J connectivity index is 1.34. The molecule has 0 radical (unpaired) electrons. The first kappa shape index (κ1) is 22.1. The molecule has 5 rings (SSSR count). The van der Waals surface area contributed by atoms with Crippen LogP contribution in [0, 0.1) is 0 Å². The lowest BCUT2D eigenvalue weighted by molar-refractivity contribution is 0.0947. The number of carbonyl (C=O) groups excluding carboxylic acids is 1. The summed E-state index contributed by atoms with van der Waals surface area (Å²) in [5.41, 5.74) is 4.49. The molecule has 2 aromatic carbocycles. The number of nitrogens with zero attached hydrogens (tertiary/aromatic N) is 3. The highest BCUT2D eigenvalue weighted by Gasteiger charge is 2.24. The van der Waals surface area contributed by atoms with Gasteiger partial charge in [-0.2, -0.15) is 5.10 Å². The standard InChI is InChI=1S/C27H28N4O3/c1-34-25-5-3-2-4-22(25)27(33)29-16-18-6-8-19(9-7-18)26-23-17-28-15-14-24(23)31(30-26)20-10-12-21(32)13-11-20/h2-9,14-15,17,20-21,32H,10-13,16H2,1H3,(H,29,33). The van der Waals surface area contributed by atoms with Gasteiger partial charge in [0, 0.05) is 29.9 Å². The highest BCUT2D eigenvalue weighted by atomic mass is 16.5. The Hall–Kier alpha value is -3.71. The molecular weight excluding hydrogens is 428 g/mol. The van der Waals surface area contributed by atoms with Crippen molar-refractivity contribution in [3.05, 3.63) is 78.1 Å². The minimum absolute atomic E-state index is 0.171. The third-order valence-corrected chi connectivity index (χ3v) is 6.55. The number of hydrogen-bond donors (Lipinski definition) is 2. The van der Waals surface area contributed by atoms with Crippen LogP contribution in [0.3, 0.4) is 0 Å². The van der Waals surface area contributed by atoms with E-state index in [0.717, 1.165) is 53.4 Å². The van der Waals surface area contributed by atoms with Crippen molar-refractivity contribution in [1.29, 1.82) is 0 Å². The Bertz CT molecular complexity index is 1290. The molecule has 0 aliphatic heterocycles. The van der Waals surface area contributed by atoms with Crippen LogP contribution in [0.25, 0.3) is 22.2 Å². The Morgan fingerprint density at radius 2 is 1.85 bits per heavy atom. The maximum Gasteiger partial charge on any atom is 0.255 e. The number of rotatable bonds is 6. The maximum atomic E-state index is 12.6. The molecule has 174 valence electrons. The summed E-state index contributed by atoms with van der Waals surface area (Å²) in [6, 6.07) is 17.6. The van der Waals surface area contributed by atoms with Crippen molar-refractivity contribution in [3.63, 3.8) is 0 Å². The lowest BCUT2D eigenvalue weighted by Gasteiger charge is -2.26. The maximum absolute atomic E-state index is 12.6. The minimum atomic E-state index is -0.199. The first-order valence-electron chi connectivity index (χ1n) is 11.6. The number of carbonyl (C=O) groups is 1. The van der Waals surface area contributed by atoms with Gasteiger partial charge in [0.05, 0.1) is 30.3 Å². The molecule has 1 saturated carbocycles. The lowest BCUT2D eigenvalue weighted by Crippen LogP contribution is -2.23. The number of fused-ring (bicyclic) bond motifs is 1. The lowest BCUT2D eigenvalue weighted by atomic mass is 9.93. The number of methoxy groups -OCH3 is 1. The van der Waals surface area contributed by atoms with Gasteiger partial charge in [0.15, 0.2) is 0 Å². The molecule has 1 amide bonds. The zero-order chi connectivity index (χ0) is 23.5. The van der Waals surface area contributed by atoms with Gasteiger partial charge in [-0.3, -0.25) is 14.5 Å². The van der Waals surface area contributed by atoms with Crippen molar-refractivity contribution < 1.29 is 14.6 Å².